The number of hydrogen-bond donors (Lipinski definition) is 3. The Balaban J connectivity index is 2.65. The minimum atomic E-state index is -1.08. The Labute approximate surface area is 98.8 Å². The molecule has 0 radical (unpaired) electrons. The number of pyridine rings is 1. The van der Waals surface area contributed by atoms with E-state index in [0.29, 0.717) is 12.1 Å². The van der Waals surface area contributed by atoms with Crippen molar-refractivity contribution >= 4 is 17.6 Å². The van der Waals surface area contributed by atoms with Crippen LogP contribution in [0.25, 0.3) is 0 Å². The number of nitrogens with zero attached hydrogens (tertiary/aromatic N) is 1. The summed E-state index contributed by atoms with van der Waals surface area (Å²) in [6, 6.07) is 1.16. The topological polar surface area (TPSA) is 105 Å². The van der Waals surface area contributed by atoms with Crippen molar-refractivity contribution in [2.75, 3.05) is 5.32 Å². The van der Waals surface area contributed by atoms with Crippen LogP contribution in [-0.2, 0) is 4.79 Å². The van der Waals surface area contributed by atoms with E-state index in [4.69, 9.17) is 10.8 Å². The van der Waals surface area contributed by atoms with Gasteiger partial charge in [-0.25, -0.2) is 4.79 Å². The Kier molecular flexibility index (Phi) is 4.59. The third kappa shape index (κ3) is 4.20. The lowest BCUT2D eigenvalue weighted by Gasteiger charge is -2.09. The Morgan fingerprint density at radius 3 is 2.82 bits per heavy atom. The summed E-state index contributed by atoms with van der Waals surface area (Å²) in [6.07, 6.45) is 3.52. The quantitative estimate of drug-likeness (QED) is 0.703. The van der Waals surface area contributed by atoms with E-state index >= 15 is 0 Å². The molecule has 92 valence electrons. The van der Waals surface area contributed by atoms with Gasteiger partial charge in [0.2, 0.25) is 5.91 Å². The highest BCUT2D eigenvalue weighted by Gasteiger charge is 2.09. The summed E-state index contributed by atoms with van der Waals surface area (Å²) >= 11 is 0. The van der Waals surface area contributed by atoms with E-state index < -0.39 is 5.97 Å². The predicted molar refractivity (Wildman–Crippen MR) is 62.7 cm³/mol. The van der Waals surface area contributed by atoms with E-state index in [1.54, 1.807) is 0 Å². The van der Waals surface area contributed by atoms with Crippen LogP contribution in [-0.4, -0.2) is 28.0 Å². The number of aromatic nitrogens is 1. The van der Waals surface area contributed by atoms with Crippen molar-refractivity contribution in [3.05, 3.63) is 24.0 Å². The molecule has 1 heterocycles. The molecule has 6 heteroatoms. The zero-order valence-electron chi connectivity index (χ0n) is 9.51. The van der Waals surface area contributed by atoms with Crippen LogP contribution in [0.3, 0.4) is 0 Å². The second-order valence-corrected chi connectivity index (χ2v) is 3.69. The lowest BCUT2D eigenvalue weighted by Crippen LogP contribution is -2.26. The Morgan fingerprint density at radius 2 is 2.24 bits per heavy atom. The molecule has 0 bridgehead atoms. The smallest absolute Gasteiger partial charge is 0.337 e. The fourth-order valence-corrected chi connectivity index (χ4v) is 1.22. The molecule has 17 heavy (non-hydrogen) atoms. The van der Waals surface area contributed by atoms with Crippen molar-refractivity contribution in [3.63, 3.8) is 0 Å². The van der Waals surface area contributed by atoms with Crippen molar-refractivity contribution in [2.45, 2.75) is 25.8 Å². The van der Waals surface area contributed by atoms with E-state index in [2.05, 4.69) is 10.3 Å². The highest BCUT2D eigenvalue weighted by Crippen LogP contribution is 2.09. The Morgan fingerprint density at radius 1 is 1.53 bits per heavy atom. The molecule has 6 nitrogen and oxygen atoms in total. The molecule has 0 aliphatic carbocycles. The molecule has 0 aromatic carbocycles. The molecule has 0 spiro atoms. The number of nitrogens with one attached hydrogen (secondary N) is 1. The van der Waals surface area contributed by atoms with E-state index in [0.717, 1.165) is 0 Å². The van der Waals surface area contributed by atoms with Crippen molar-refractivity contribution in [1.82, 2.24) is 4.98 Å². The zero-order chi connectivity index (χ0) is 12.8. The first-order valence-corrected chi connectivity index (χ1v) is 5.26. The van der Waals surface area contributed by atoms with E-state index in [1.807, 2.05) is 6.92 Å². The number of aromatic carboxylic acids is 1. The van der Waals surface area contributed by atoms with Gasteiger partial charge in [0.25, 0.3) is 0 Å². The number of nitrogens with two attached hydrogens (primary N) is 1. The van der Waals surface area contributed by atoms with Crippen molar-refractivity contribution < 1.29 is 14.7 Å². The van der Waals surface area contributed by atoms with Crippen LogP contribution >= 0.6 is 0 Å². The number of anilines is 1. The maximum atomic E-state index is 11.5. The minimum absolute atomic E-state index is 0.0302. The summed E-state index contributed by atoms with van der Waals surface area (Å²) in [7, 11) is 0. The normalized spacial score (nSPS) is 11.9. The fraction of sp³-hybridized carbons (Fsp3) is 0.364. The lowest BCUT2D eigenvalue weighted by atomic mass is 10.1. The Bertz CT molecular complexity index is 420. The molecule has 1 rings (SSSR count). The zero-order valence-corrected chi connectivity index (χ0v) is 9.51. The van der Waals surface area contributed by atoms with Gasteiger partial charge in [-0.05, 0) is 12.5 Å². The first-order chi connectivity index (χ1) is 8.02. The van der Waals surface area contributed by atoms with Gasteiger partial charge in [-0.1, -0.05) is 6.92 Å². The summed E-state index contributed by atoms with van der Waals surface area (Å²) in [6.45, 7) is 1.89. The molecule has 0 saturated carbocycles. The first-order valence-electron chi connectivity index (χ1n) is 5.26. The average Bonchev–Trinajstić information content (AvgIpc) is 2.28. The third-order valence-corrected chi connectivity index (χ3v) is 2.24. The molecule has 0 saturated heterocycles. The predicted octanol–water partition coefficient (Wildman–Crippen LogP) is 0.846. The largest absolute Gasteiger partial charge is 0.478 e. The van der Waals surface area contributed by atoms with Crippen molar-refractivity contribution in [1.29, 1.82) is 0 Å². The van der Waals surface area contributed by atoms with Gasteiger partial charge in [-0.3, -0.25) is 9.78 Å². The van der Waals surface area contributed by atoms with Crippen LogP contribution in [0, 0.1) is 0 Å². The number of carbonyl (C=O) groups excluding carboxylic acids is 1. The molecule has 1 amide bonds. The number of rotatable bonds is 5. The molecule has 1 atom stereocenters. The number of carboxylic acid groups (broad SMARTS) is 1. The summed E-state index contributed by atoms with van der Waals surface area (Å²) in [5.41, 5.74) is 6.02. The van der Waals surface area contributed by atoms with Crippen LogP contribution in [0.2, 0.25) is 0 Å². The number of carboxylic acids is 1. The maximum Gasteiger partial charge on any atom is 0.337 e. The van der Waals surface area contributed by atoms with Crippen molar-refractivity contribution in [2.24, 2.45) is 5.73 Å². The maximum absolute atomic E-state index is 11.5. The number of amides is 1. The van der Waals surface area contributed by atoms with Gasteiger partial charge in [0.1, 0.15) is 0 Å². The third-order valence-electron chi connectivity index (χ3n) is 2.24. The summed E-state index contributed by atoms with van der Waals surface area (Å²) in [5, 5.41) is 11.3. The first kappa shape index (κ1) is 13.1. The molecular formula is C11H15N3O3. The second kappa shape index (κ2) is 5.95. The molecular weight excluding hydrogens is 222 g/mol. The minimum Gasteiger partial charge on any atom is -0.478 e. The molecule has 1 aromatic rings. The van der Waals surface area contributed by atoms with Gasteiger partial charge in [-0.15, -0.1) is 0 Å². The molecule has 1 aromatic heterocycles. The molecule has 0 aliphatic heterocycles. The highest BCUT2D eigenvalue weighted by atomic mass is 16.4. The van der Waals surface area contributed by atoms with E-state index in [9.17, 15) is 9.59 Å². The average molecular weight is 237 g/mol. The van der Waals surface area contributed by atoms with Gasteiger partial charge >= 0.3 is 5.97 Å². The van der Waals surface area contributed by atoms with E-state index in [1.165, 1.54) is 18.5 Å². The van der Waals surface area contributed by atoms with Crippen LogP contribution in [0.15, 0.2) is 18.5 Å². The highest BCUT2D eigenvalue weighted by molar-refractivity contribution is 5.93. The van der Waals surface area contributed by atoms with Gasteiger partial charge in [0, 0.05) is 18.7 Å². The van der Waals surface area contributed by atoms with E-state index in [-0.39, 0.29) is 23.9 Å². The fourth-order valence-electron chi connectivity index (χ4n) is 1.22. The van der Waals surface area contributed by atoms with Gasteiger partial charge < -0.3 is 16.2 Å². The number of carbonyl (C=O) groups is 2. The monoisotopic (exact) mass is 237 g/mol. The molecule has 4 N–H and O–H groups in total. The SMILES string of the molecule is CCC(N)CC(=O)Nc1cncc(C(=O)O)c1. The van der Waals surface area contributed by atoms with Crippen LogP contribution in [0.1, 0.15) is 30.1 Å². The standard InChI is InChI=1S/C11H15N3O3/c1-2-8(12)4-10(15)14-9-3-7(11(16)17)5-13-6-9/h3,5-6,8H,2,4,12H2,1H3,(H,14,15)(H,16,17). The molecule has 0 aliphatic rings. The summed E-state index contributed by atoms with van der Waals surface area (Å²) < 4.78 is 0. The second-order valence-electron chi connectivity index (χ2n) is 3.69. The van der Waals surface area contributed by atoms with Crippen LogP contribution in [0.5, 0.6) is 0 Å². The number of hydrogen-bond acceptors (Lipinski definition) is 4. The summed E-state index contributed by atoms with van der Waals surface area (Å²) in [4.78, 5) is 25.9. The Hall–Kier alpha value is -1.95. The summed E-state index contributed by atoms with van der Waals surface area (Å²) in [5.74, 6) is -1.33. The van der Waals surface area contributed by atoms with Gasteiger partial charge in [-0.2, -0.15) is 0 Å². The van der Waals surface area contributed by atoms with Gasteiger partial charge in [0.05, 0.1) is 17.4 Å². The van der Waals surface area contributed by atoms with Crippen LogP contribution < -0.4 is 11.1 Å². The van der Waals surface area contributed by atoms with Gasteiger partial charge in [0.15, 0.2) is 0 Å². The lowest BCUT2D eigenvalue weighted by molar-refractivity contribution is -0.116. The van der Waals surface area contributed by atoms with Crippen LogP contribution in [0.4, 0.5) is 5.69 Å². The molecule has 0 fully saturated rings. The molecule has 1 unspecified atom stereocenters. The van der Waals surface area contributed by atoms with Crippen molar-refractivity contribution in [3.8, 4) is 0 Å².